The number of carbonyl (C=O) groups is 1. The predicted octanol–water partition coefficient (Wildman–Crippen LogP) is 5.41. The second-order valence-electron chi connectivity index (χ2n) is 10.2. The van der Waals surface area contributed by atoms with E-state index in [1.165, 1.54) is 0 Å². The van der Waals surface area contributed by atoms with Gasteiger partial charge in [0.05, 0.1) is 17.2 Å². The SMILES string of the molecule is C[C@@H](c1ccc(C2(O)CCCC2)cc1)N1CC[C@](CC(C)(C)O)(c2ccccc2)OC1=O. The summed E-state index contributed by atoms with van der Waals surface area (Å²) in [6.07, 6.45) is 4.31. The third-order valence-electron chi connectivity index (χ3n) is 7.12. The molecular weight excluding hydrogens is 402 g/mol. The van der Waals surface area contributed by atoms with Gasteiger partial charge in [-0.2, -0.15) is 0 Å². The van der Waals surface area contributed by atoms with Crippen molar-refractivity contribution in [1.82, 2.24) is 4.90 Å². The molecule has 2 N–H and O–H groups in total. The minimum Gasteiger partial charge on any atom is -0.438 e. The normalized spacial score (nSPS) is 24.3. The molecule has 0 radical (unpaired) electrons. The van der Waals surface area contributed by atoms with Crippen LogP contribution in [-0.2, 0) is 15.9 Å². The molecule has 2 aromatic rings. The Bertz CT molecular complexity index is 928. The Kier molecular flexibility index (Phi) is 6.08. The summed E-state index contributed by atoms with van der Waals surface area (Å²) in [4.78, 5) is 14.9. The number of hydrogen-bond acceptors (Lipinski definition) is 4. The Morgan fingerprint density at radius 2 is 1.62 bits per heavy atom. The van der Waals surface area contributed by atoms with E-state index in [1.807, 2.05) is 61.5 Å². The number of aliphatic hydroxyl groups is 2. The highest BCUT2D eigenvalue weighted by atomic mass is 16.6. The van der Waals surface area contributed by atoms with E-state index in [9.17, 15) is 15.0 Å². The molecule has 1 saturated carbocycles. The van der Waals surface area contributed by atoms with E-state index in [0.29, 0.717) is 19.4 Å². The molecule has 0 unspecified atom stereocenters. The molecule has 2 atom stereocenters. The molecule has 172 valence electrons. The van der Waals surface area contributed by atoms with Gasteiger partial charge in [-0.05, 0) is 50.3 Å². The molecule has 0 bridgehead atoms. The molecule has 1 aliphatic carbocycles. The van der Waals surface area contributed by atoms with Gasteiger partial charge < -0.3 is 19.8 Å². The van der Waals surface area contributed by atoms with E-state index >= 15 is 0 Å². The van der Waals surface area contributed by atoms with Gasteiger partial charge in [-0.15, -0.1) is 0 Å². The molecule has 5 heteroatoms. The molecular formula is C27H35NO4. The van der Waals surface area contributed by atoms with Crippen LogP contribution in [0.5, 0.6) is 0 Å². The highest BCUT2D eigenvalue weighted by Gasteiger charge is 2.46. The number of carbonyl (C=O) groups excluding carboxylic acids is 1. The summed E-state index contributed by atoms with van der Waals surface area (Å²) in [5, 5.41) is 21.4. The van der Waals surface area contributed by atoms with Crippen molar-refractivity contribution in [3.8, 4) is 0 Å². The van der Waals surface area contributed by atoms with Gasteiger partial charge in [-0.1, -0.05) is 67.4 Å². The van der Waals surface area contributed by atoms with E-state index < -0.39 is 16.8 Å². The Labute approximate surface area is 191 Å². The number of benzene rings is 2. The van der Waals surface area contributed by atoms with Gasteiger partial charge in [0.1, 0.15) is 5.60 Å². The van der Waals surface area contributed by atoms with Crippen molar-refractivity contribution >= 4 is 6.09 Å². The lowest BCUT2D eigenvalue weighted by Crippen LogP contribution is -2.51. The van der Waals surface area contributed by atoms with Crippen molar-refractivity contribution in [2.45, 2.75) is 82.1 Å². The fourth-order valence-electron chi connectivity index (χ4n) is 5.39. The molecule has 2 aliphatic rings. The van der Waals surface area contributed by atoms with E-state index in [2.05, 4.69) is 0 Å². The summed E-state index contributed by atoms with van der Waals surface area (Å²) in [5.41, 5.74) is 0.361. The van der Waals surface area contributed by atoms with Crippen LogP contribution in [0.1, 0.15) is 82.0 Å². The smallest absolute Gasteiger partial charge is 0.411 e. The maximum Gasteiger partial charge on any atom is 0.411 e. The Balaban J connectivity index is 1.52. The summed E-state index contributed by atoms with van der Waals surface area (Å²) in [6, 6.07) is 17.6. The van der Waals surface area contributed by atoms with E-state index in [0.717, 1.165) is 42.4 Å². The van der Waals surface area contributed by atoms with Gasteiger partial charge in [-0.3, -0.25) is 0 Å². The van der Waals surface area contributed by atoms with Gasteiger partial charge in [0, 0.05) is 19.4 Å². The first-order chi connectivity index (χ1) is 15.1. The summed E-state index contributed by atoms with van der Waals surface area (Å²) >= 11 is 0. The van der Waals surface area contributed by atoms with Gasteiger partial charge in [0.15, 0.2) is 0 Å². The maximum absolute atomic E-state index is 13.2. The third kappa shape index (κ3) is 4.55. The second kappa shape index (κ2) is 8.53. The highest BCUT2D eigenvalue weighted by Crippen LogP contribution is 2.43. The summed E-state index contributed by atoms with van der Waals surface area (Å²) in [6.45, 7) is 6.05. The zero-order valence-electron chi connectivity index (χ0n) is 19.4. The van der Waals surface area contributed by atoms with Crippen LogP contribution in [0.3, 0.4) is 0 Å². The Hall–Kier alpha value is -2.37. The first-order valence-corrected chi connectivity index (χ1v) is 11.7. The average molecular weight is 438 g/mol. The topological polar surface area (TPSA) is 70.0 Å². The first-order valence-electron chi connectivity index (χ1n) is 11.7. The quantitative estimate of drug-likeness (QED) is 0.634. The Morgan fingerprint density at radius 1 is 1.00 bits per heavy atom. The van der Waals surface area contributed by atoms with Crippen molar-refractivity contribution in [3.05, 3.63) is 71.3 Å². The molecule has 5 nitrogen and oxygen atoms in total. The summed E-state index contributed by atoms with van der Waals surface area (Å²) in [7, 11) is 0. The number of ether oxygens (including phenoxy) is 1. The van der Waals surface area contributed by atoms with Crippen molar-refractivity contribution in [3.63, 3.8) is 0 Å². The molecule has 1 saturated heterocycles. The van der Waals surface area contributed by atoms with Gasteiger partial charge >= 0.3 is 6.09 Å². The van der Waals surface area contributed by atoms with E-state index in [4.69, 9.17) is 4.74 Å². The van der Waals surface area contributed by atoms with Crippen LogP contribution in [0.25, 0.3) is 0 Å². The lowest BCUT2D eigenvalue weighted by Gasteiger charge is -2.45. The van der Waals surface area contributed by atoms with Gasteiger partial charge in [0.25, 0.3) is 0 Å². The van der Waals surface area contributed by atoms with Crippen molar-refractivity contribution in [2.75, 3.05) is 6.54 Å². The number of amides is 1. The largest absolute Gasteiger partial charge is 0.438 e. The third-order valence-corrected chi connectivity index (χ3v) is 7.12. The molecule has 1 amide bonds. The van der Waals surface area contributed by atoms with Crippen molar-refractivity contribution in [1.29, 1.82) is 0 Å². The Morgan fingerprint density at radius 3 is 2.19 bits per heavy atom. The average Bonchev–Trinajstić information content (AvgIpc) is 3.21. The predicted molar refractivity (Wildman–Crippen MR) is 124 cm³/mol. The van der Waals surface area contributed by atoms with Crippen LogP contribution in [0, 0.1) is 0 Å². The molecule has 0 aromatic heterocycles. The summed E-state index contributed by atoms with van der Waals surface area (Å²) in [5.74, 6) is 0. The first kappa shape index (κ1) is 22.8. The standard InChI is InChI=1S/C27H35NO4/c1-20(21-11-13-22(14-12-21)26(31)15-7-8-16-26)28-18-17-27(32-24(28)29,19-25(2,3)30)23-9-5-4-6-10-23/h4-6,9-14,20,30-31H,7-8,15-19H2,1-3H3/t20-,27-/m0/s1. The fourth-order valence-corrected chi connectivity index (χ4v) is 5.39. The van der Waals surface area contributed by atoms with Crippen LogP contribution in [0.15, 0.2) is 54.6 Å². The van der Waals surface area contributed by atoms with Crippen molar-refractivity contribution < 1.29 is 19.7 Å². The van der Waals surface area contributed by atoms with Crippen molar-refractivity contribution in [2.24, 2.45) is 0 Å². The van der Waals surface area contributed by atoms with Crippen LogP contribution in [-0.4, -0.2) is 33.4 Å². The molecule has 2 aromatic carbocycles. The molecule has 4 rings (SSSR count). The lowest BCUT2D eigenvalue weighted by atomic mass is 9.80. The summed E-state index contributed by atoms with van der Waals surface area (Å²) < 4.78 is 6.10. The molecule has 1 heterocycles. The van der Waals surface area contributed by atoms with Crippen LogP contribution in [0.2, 0.25) is 0 Å². The number of rotatable bonds is 6. The zero-order chi connectivity index (χ0) is 23.0. The number of hydrogen-bond donors (Lipinski definition) is 2. The lowest BCUT2D eigenvalue weighted by molar-refractivity contribution is -0.101. The molecule has 1 aliphatic heterocycles. The second-order valence-corrected chi connectivity index (χ2v) is 10.2. The number of nitrogens with zero attached hydrogens (tertiary/aromatic N) is 1. The minimum absolute atomic E-state index is 0.148. The molecule has 0 spiro atoms. The van der Waals surface area contributed by atoms with Gasteiger partial charge in [0.2, 0.25) is 0 Å². The van der Waals surface area contributed by atoms with Crippen LogP contribution < -0.4 is 0 Å². The molecule has 32 heavy (non-hydrogen) atoms. The minimum atomic E-state index is -0.972. The molecule has 2 fully saturated rings. The highest BCUT2D eigenvalue weighted by molar-refractivity contribution is 5.70. The zero-order valence-corrected chi connectivity index (χ0v) is 19.4. The van der Waals surface area contributed by atoms with Gasteiger partial charge in [-0.25, -0.2) is 4.79 Å². The van der Waals surface area contributed by atoms with Crippen LogP contribution >= 0.6 is 0 Å². The maximum atomic E-state index is 13.2. The number of cyclic esters (lactones) is 1. The monoisotopic (exact) mass is 437 g/mol. The van der Waals surface area contributed by atoms with E-state index in [-0.39, 0.29) is 12.1 Å². The van der Waals surface area contributed by atoms with Crippen LogP contribution in [0.4, 0.5) is 4.79 Å². The fraction of sp³-hybridized carbons (Fsp3) is 0.519. The van der Waals surface area contributed by atoms with E-state index in [1.54, 1.807) is 18.7 Å².